The Morgan fingerprint density at radius 1 is 1.21 bits per heavy atom. The Bertz CT molecular complexity index is 760. The fourth-order valence-corrected chi connectivity index (χ4v) is 4.27. The molecule has 3 heterocycles. The van der Waals surface area contributed by atoms with Crippen LogP contribution in [0.4, 0.5) is 13.2 Å². The van der Waals surface area contributed by atoms with Crippen LogP contribution >= 0.6 is 0 Å². The molecular weight excluding hydrogens is 351 g/mol. The Morgan fingerprint density at radius 2 is 1.92 bits per heavy atom. The molecule has 1 aromatic heterocycles. The zero-order chi connectivity index (χ0) is 17.7. The first-order chi connectivity index (χ1) is 11.1. The number of alkyl halides is 3. The molecule has 1 aromatic rings. The van der Waals surface area contributed by atoms with E-state index in [1.165, 1.54) is 4.90 Å². The number of aromatic nitrogens is 3. The van der Waals surface area contributed by atoms with Gasteiger partial charge in [-0.3, -0.25) is 4.79 Å². The number of nitrogens with zero attached hydrogens (tertiary/aromatic N) is 5. The number of rotatable bonds is 2. The Kier molecular flexibility index (Phi) is 4.06. The van der Waals surface area contributed by atoms with E-state index in [0.29, 0.717) is 12.8 Å². The van der Waals surface area contributed by atoms with E-state index in [1.807, 2.05) is 0 Å². The molecule has 1 unspecified atom stereocenters. The van der Waals surface area contributed by atoms with Crippen LogP contribution in [0, 0.1) is 0 Å². The van der Waals surface area contributed by atoms with E-state index in [2.05, 4.69) is 10.2 Å². The number of amides is 1. The largest absolute Gasteiger partial charge is 0.451 e. The highest BCUT2D eigenvalue weighted by molar-refractivity contribution is 7.88. The molecule has 0 saturated carbocycles. The molecule has 2 aliphatic rings. The first-order valence-electron chi connectivity index (χ1n) is 7.34. The van der Waals surface area contributed by atoms with Gasteiger partial charge >= 0.3 is 6.18 Å². The number of carbonyl (C=O) groups is 1. The molecule has 2 aliphatic heterocycles. The molecule has 1 fully saturated rings. The van der Waals surface area contributed by atoms with E-state index in [1.54, 1.807) is 0 Å². The van der Waals surface area contributed by atoms with Crippen molar-refractivity contribution >= 4 is 15.9 Å². The van der Waals surface area contributed by atoms with Crippen LogP contribution in [0.1, 0.15) is 24.5 Å². The maximum absolute atomic E-state index is 12.8. The van der Waals surface area contributed by atoms with Crippen LogP contribution < -0.4 is 0 Å². The third-order valence-corrected chi connectivity index (χ3v) is 5.52. The molecule has 0 N–H and O–H groups in total. The summed E-state index contributed by atoms with van der Waals surface area (Å²) in [5.41, 5.74) is 0. The van der Waals surface area contributed by atoms with Crippen molar-refractivity contribution < 1.29 is 26.4 Å². The second-order valence-corrected chi connectivity index (χ2v) is 7.82. The van der Waals surface area contributed by atoms with Crippen molar-refractivity contribution in [3.8, 4) is 0 Å². The summed E-state index contributed by atoms with van der Waals surface area (Å²) in [6.45, 7) is 0.142. The van der Waals surface area contributed by atoms with Gasteiger partial charge in [0.1, 0.15) is 6.04 Å². The van der Waals surface area contributed by atoms with Crippen molar-refractivity contribution in [3.05, 3.63) is 11.6 Å². The van der Waals surface area contributed by atoms with E-state index in [9.17, 15) is 26.4 Å². The monoisotopic (exact) mass is 367 g/mol. The molecule has 1 amide bonds. The van der Waals surface area contributed by atoms with Gasteiger partial charge in [0, 0.05) is 19.6 Å². The number of carbonyl (C=O) groups excluding carboxylic acids is 1. The average Bonchev–Trinajstić information content (AvgIpc) is 3.11. The van der Waals surface area contributed by atoms with Crippen LogP contribution in [-0.4, -0.2) is 63.7 Å². The summed E-state index contributed by atoms with van der Waals surface area (Å²) < 4.78 is 64.0. The first kappa shape index (κ1) is 17.1. The lowest BCUT2D eigenvalue weighted by Crippen LogP contribution is -2.49. The third kappa shape index (κ3) is 2.99. The zero-order valence-corrected chi connectivity index (χ0v) is 13.6. The van der Waals surface area contributed by atoms with Crippen molar-refractivity contribution in [1.82, 2.24) is 24.0 Å². The number of sulfonamides is 1. The molecular formula is C12H16F3N5O3S. The normalized spacial score (nSPS) is 22.7. The molecule has 0 radical (unpaired) electrons. The van der Waals surface area contributed by atoms with Gasteiger partial charge in [0.25, 0.3) is 0 Å². The van der Waals surface area contributed by atoms with Crippen molar-refractivity contribution in [2.75, 3.05) is 19.3 Å². The maximum atomic E-state index is 12.8. The highest BCUT2D eigenvalue weighted by Gasteiger charge is 2.42. The summed E-state index contributed by atoms with van der Waals surface area (Å²) in [5, 5.41) is 6.68. The van der Waals surface area contributed by atoms with Crippen LogP contribution in [0.15, 0.2) is 0 Å². The molecule has 0 aliphatic carbocycles. The Balaban J connectivity index is 1.79. The number of hydrogen-bond donors (Lipinski definition) is 0. The molecule has 8 nitrogen and oxygen atoms in total. The molecule has 134 valence electrons. The van der Waals surface area contributed by atoms with Gasteiger partial charge in [-0.2, -0.15) is 17.5 Å². The Morgan fingerprint density at radius 3 is 2.54 bits per heavy atom. The minimum Gasteiger partial charge on any atom is -0.332 e. The molecule has 1 atom stereocenters. The fraction of sp³-hybridized carbons (Fsp3) is 0.750. The topological polar surface area (TPSA) is 88.4 Å². The van der Waals surface area contributed by atoms with Crippen LogP contribution in [-0.2, 0) is 34.1 Å². The minimum absolute atomic E-state index is 0.0471. The van der Waals surface area contributed by atoms with Crippen LogP contribution in [0.5, 0.6) is 0 Å². The highest BCUT2D eigenvalue weighted by atomic mass is 32.2. The van der Waals surface area contributed by atoms with Crippen molar-refractivity contribution in [2.24, 2.45) is 0 Å². The van der Waals surface area contributed by atoms with Gasteiger partial charge in [-0.15, -0.1) is 10.2 Å². The highest BCUT2D eigenvalue weighted by Crippen LogP contribution is 2.30. The Labute approximate surface area is 136 Å². The molecule has 3 rings (SSSR count). The number of fused-ring (bicyclic) bond motifs is 1. The van der Waals surface area contributed by atoms with Gasteiger partial charge in [-0.1, -0.05) is 0 Å². The summed E-state index contributed by atoms with van der Waals surface area (Å²) in [6, 6.07) is -0.795. The van der Waals surface area contributed by atoms with Crippen LogP contribution in [0.2, 0.25) is 0 Å². The predicted molar refractivity (Wildman–Crippen MR) is 75.0 cm³/mol. The van der Waals surface area contributed by atoms with Crippen LogP contribution in [0.3, 0.4) is 0 Å². The zero-order valence-electron chi connectivity index (χ0n) is 12.8. The van der Waals surface area contributed by atoms with Crippen molar-refractivity contribution in [2.45, 2.75) is 38.1 Å². The third-order valence-electron chi connectivity index (χ3n) is 4.23. The Hall–Kier alpha value is -1.69. The van der Waals surface area contributed by atoms with Crippen molar-refractivity contribution in [1.29, 1.82) is 0 Å². The quantitative estimate of drug-likeness (QED) is 0.738. The van der Waals surface area contributed by atoms with Crippen molar-refractivity contribution in [3.63, 3.8) is 0 Å². The smallest absolute Gasteiger partial charge is 0.332 e. The second-order valence-electron chi connectivity index (χ2n) is 5.88. The minimum atomic E-state index is -4.60. The number of hydrogen-bond acceptors (Lipinski definition) is 5. The molecule has 0 aromatic carbocycles. The molecule has 0 spiro atoms. The molecule has 0 bridgehead atoms. The molecule has 24 heavy (non-hydrogen) atoms. The standard InChI is InChI=1S/C12H16F3N5O3S/c1-24(22,23)20-4-2-3-8(20)10(21)18-5-6-19-9(7-18)16-17-11(19)12(13,14)15/h8H,2-7H2,1H3. The first-order valence-corrected chi connectivity index (χ1v) is 9.19. The lowest BCUT2D eigenvalue weighted by Gasteiger charge is -2.32. The van der Waals surface area contributed by atoms with E-state index in [4.69, 9.17) is 0 Å². The average molecular weight is 367 g/mol. The summed E-state index contributed by atoms with van der Waals surface area (Å²) in [5.74, 6) is -1.44. The summed E-state index contributed by atoms with van der Waals surface area (Å²) >= 11 is 0. The molecule has 1 saturated heterocycles. The van der Waals surface area contributed by atoms with E-state index in [0.717, 1.165) is 15.1 Å². The van der Waals surface area contributed by atoms with Gasteiger partial charge in [-0.05, 0) is 12.8 Å². The SMILES string of the molecule is CS(=O)(=O)N1CCCC1C(=O)N1CCn2c(nnc2C(F)(F)F)C1. The lowest BCUT2D eigenvalue weighted by molar-refractivity contribution is -0.148. The summed E-state index contributed by atoms with van der Waals surface area (Å²) in [6.07, 6.45) is -2.58. The van der Waals surface area contributed by atoms with Gasteiger partial charge in [-0.25, -0.2) is 8.42 Å². The molecule has 12 heteroatoms. The van der Waals surface area contributed by atoms with E-state index in [-0.39, 0.29) is 32.0 Å². The fourth-order valence-electron chi connectivity index (χ4n) is 3.15. The second kappa shape index (κ2) is 5.69. The van der Waals surface area contributed by atoms with E-state index < -0.39 is 34.0 Å². The maximum Gasteiger partial charge on any atom is 0.451 e. The van der Waals surface area contributed by atoms with Gasteiger partial charge in [0.15, 0.2) is 5.82 Å². The summed E-state index contributed by atoms with van der Waals surface area (Å²) in [4.78, 5) is 14.0. The van der Waals surface area contributed by atoms with E-state index >= 15 is 0 Å². The number of halogens is 3. The predicted octanol–water partition coefficient (Wildman–Crippen LogP) is 0.0631. The van der Waals surface area contributed by atoms with Crippen LogP contribution in [0.25, 0.3) is 0 Å². The summed E-state index contributed by atoms with van der Waals surface area (Å²) in [7, 11) is -3.51. The van der Waals surface area contributed by atoms with Gasteiger partial charge in [0.05, 0.1) is 12.8 Å². The van der Waals surface area contributed by atoms with Gasteiger partial charge < -0.3 is 9.47 Å². The lowest BCUT2D eigenvalue weighted by atomic mass is 10.2. The van der Waals surface area contributed by atoms with Gasteiger partial charge in [0.2, 0.25) is 21.8 Å².